The number of hydrogen-bond acceptors (Lipinski definition) is 3. The first kappa shape index (κ1) is 11.1. The fraction of sp³-hybridized carbons (Fsp3) is 0.222. The molecule has 0 saturated heterocycles. The van der Waals surface area contributed by atoms with Crippen LogP contribution in [0.4, 0.5) is 0 Å². The molecule has 0 fully saturated rings. The van der Waals surface area contributed by atoms with Gasteiger partial charge in [-0.05, 0) is 12.5 Å². The van der Waals surface area contributed by atoms with E-state index in [1.165, 1.54) is 18.2 Å². The number of carboxylic acid groups (broad SMARTS) is 1. The van der Waals surface area contributed by atoms with Crippen LogP contribution in [0.25, 0.3) is 0 Å². The third kappa shape index (κ3) is 4.53. The summed E-state index contributed by atoms with van der Waals surface area (Å²) in [5.74, 6) is -1.44. The number of carbonyl (C=O) groups excluding carboxylic acids is 1. The van der Waals surface area contributed by atoms with Gasteiger partial charge in [0.05, 0.1) is 0 Å². The summed E-state index contributed by atoms with van der Waals surface area (Å²) in [5, 5.41) is 16.7. The highest BCUT2D eigenvalue weighted by atomic mass is 16.4. The van der Waals surface area contributed by atoms with Crippen molar-refractivity contribution < 1.29 is 14.7 Å². The molecule has 0 aliphatic carbocycles. The van der Waals surface area contributed by atoms with Crippen molar-refractivity contribution in [2.45, 2.75) is 12.8 Å². The number of hydrogen-bond donors (Lipinski definition) is 1. The highest BCUT2D eigenvalue weighted by Gasteiger charge is 2.04. The molecule has 0 atom stereocenters. The zero-order chi connectivity index (χ0) is 10.3. The Kier molecular flexibility index (Phi) is 4.89. The molecule has 0 heterocycles. The van der Waals surface area contributed by atoms with E-state index >= 15 is 0 Å². The molecule has 1 N–H and O–H groups in total. The molecule has 0 aliphatic heterocycles. The molecule has 0 spiro atoms. The SMILES string of the molecule is C=CC(=O)CCC=C(C#N)C(=O)O. The van der Waals surface area contributed by atoms with Crippen molar-refractivity contribution in [3.63, 3.8) is 0 Å². The van der Waals surface area contributed by atoms with Crippen LogP contribution in [0.15, 0.2) is 24.3 Å². The first-order valence-electron chi connectivity index (χ1n) is 3.60. The van der Waals surface area contributed by atoms with Gasteiger partial charge in [-0.2, -0.15) is 5.26 Å². The van der Waals surface area contributed by atoms with Crippen LogP contribution in [0.3, 0.4) is 0 Å². The zero-order valence-electron chi connectivity index (χ0n) is 6.99. The first-order chi connectivity index (χ1) is 6.11. The van der Waals surface area contributed by atoms with E-state index < -0.39 is 5.97 Å². The topological polar surface area (TPSA) is 78.2 Å². The molecule has 0 aromatic heterocycles. The van der Waals surface area contributed by atoms with Gasteiger partial charge in [-0.25, -0.2) is 4.79 Å². The van der Waals surface area contributed by atoms with Crippen molar-refractivity contribution in [3.8, 4) is 6.07 Å². The summed E-state index contributed by atoms with van der Waals surface area (Å²) in [4.78, 5) is 21.0. The zero-order valence-corrected chi connectivity index (χ0v) is 6.99. The molecular formula is C9H9NO3. The number of carboxylic acids is 1. The molecule has 0 saturated carbocycles. The number of carbonyl (C=O) groups is 2. The molecule has 0 rings (SSSR count). The van der Waals surface area contributed by atoms with E-state index in [2.05, 4.69) is 6.58 Å². The van der Waals surface area contributed by atoms with E-state index in [4.69, 9.17) is 10.4 Å². The van der Waals surface area contributed by atoms with Crippen LogP contribution in [0.5, 0.6) is 0 Å². The molecule has 0 amide bonds. The Bertz CT molecular complexity index is 296. The summed E-state index contributed by atoms with van der Waals surface area (Å²) in [6.07, 6.45) is 2.83. The van der Waals surface area contributed by atoms with Crippen molar-refractivity contribution in [1.29, 1.82) is 5.26 Å². The monoisotopic (exact) mass is 179 g/mol. The van der Waals surface area contributed by atoms with Crippen molar-refractivity contribution in [2.75, 3.05) is 0 Å². The predicted molar refractivity (Wildman–Crippen MR) is 45.8 cm³/mol. The summed E-state index contributed by atoms with van der Waals surface area (Å²) < 4.78 is 0. The van der Waals surface area contributed by atoms with Gasteiger partial charge < -0.3 is 5.11 Å². The highest BCUT2D eigenvalue weighted by molar-refractivity contribution is 5.91. The van der Waals surface area contributed by atoms with Crippen LogP contribution < -0.4 is 0 Å². The van der Waals surface area contributed by atoms with Gasteiger partial charge in [-0.15, -0.1) is 0 Å². The number of ketones is 1. The van der Waals surface area contributed by atoms with Gasteiger partial charge >= 0.3 is 5.97 Å². The van der Waals surface area contributed by atoms with Gasteiger partial charge in [0.25, 0.3) is 0 Å². The second-order valence-corrected chi connectivity index (χ2v) is 2.24. The van der Waals surface area contributed by atoms with Crippen LogP contribution in [-0.4, -0.2) is 16.9 Å². The van der Waals surface area contributed by atoms with Crippen LogP contribution in [0.2, 0.25) is 0 Å². The molecule has 0 aliphatic rings. The minimum absolute atomic E-state index is 0.168. The summed E-state index contributed by atoms with van der Waals surface area (Å²) in [6.45, 7) is 3.26. The number of aliphatic carboxylic acids is 1. The van der Waals surface area contributed by atoms with Crippen molar-refractivity contribution in [2.24, 2.45) is 0 Å². The van der Waals surface area contributed by atoms with Crippen LogP contribution in [-0.2, 0) is 9.59 Å². The lowest BCUT2D eigenvalue weighted by Crippen LogP contribution is -1.98. The van der Waals surface area contributed by atoms with E-state index in [1.54, 1.807) is 0 Å². The van der Waals surface area contributed by atoms with Gasteiger partial charge in [-0.1, -0.05) is 12.7 Å². The van der Waals surface area contributed by atoms with Crippen molar-refractivity contribution in [3.05, 3.63) is 24.3 Å². The maximum Gasteiger partial charge on any atom is 0.346 e. The summed E-state index contributed by atoms with van der Waals surface area (Å²) in [5.41, 5.74) is -0.336. The lowest BCUT2D eigenvalue weighted by Gasteiger charge is -1.90. The molecule has 0 radical (unpaired) electrons. The maximum atomic E-state index is 10.7. The molecule has 0 aromatic carbocycles. The molecule has 0 bridgehead atoms. The van der Waals surface area contributed by atoms with Gasteiger partial charge in [0.2, 0.25) is 0 Å². The van der Waals surface area contributed by atoms with Crippen LogP contribution in [0.1, 0.15) is 12.8 Å². The quantitative estimate of drug-likeness (QED) is 0.505. The molecule has 4 heteroatoms. The maximum absolute atomic E-state index is 10.7. The molecule has 13 heavy (non-hydrogen) atoms. The largest absolute Gasteiger partial charge is 0.477 e. The Morgan fingerprint density at radius 1 is 1.54 bits per heavy atom. The van der Waals surface area contributed by atoms with E-state index in [0.29, 0.717) is 0 Å². The standard InChI is InChI=1S/C9H9NO3/c1-2-8(11)5-3-4-7(6-10)9(12)13/h2,4H,1,3,5H2,(H,12,13). The fourth-order valence-corrected chi connectivity index (χ4v) is 0.642. The molecule has 68 valence electrons. The third-order valence-electron chi connectivity index (χ3n) is 1.32. The van der Waals surface area contributed by atoms with Gasteiger partial charge in [0.1, 0.15) is 11.6 Å². The second-order valence-electron chi connectivity index (χ2n) is 2.24. The summed E-state index contributed by atoms with van der Waals surface area (Å²) in [7, 11) is 0. The van der Waals surface area contributed by atoms with Crippen LogP contribution >= 0.6 is 0 Å². The molecule has 4 nitrogen and oxygen atoms in total. The number of nitrogens with zero attached hydrogens (tertiary/aromatic N) is 1. The Hall–Kier alpha value is -1.89. The Balaban J connectivity index is 4.11. The third-order valence-corrected chi connectivity index (χ3v) is 1.32. The smallest absolute Gasteiger partial charge is 0.346 e. The van der Waals surface area contributed by atoms with Crippen molar-refractivity contribution >= 4 is 11.8 Å². The highest BCUT2D eigenvalue weighted by Crippen LogP contribution is 1.99. The summed E-state index contributed by atoms with van der Waals surface area (Å²) in [6, 6.07) is 1.52. The first-order valence-corrected chi connectivity index (χ1v) is 3.60. The molecular weight excluding hydrogens is 170 g/mol. The average molecular weight is 179 g/mol. The molecule has 0 aromatic rings. The van der Waals surface area contributed by atoms with Gasteiger partial charge in [-0.3, -0.25) is 4.79 Å². The predicted octanol–water partition coefficient (Wildman–Crippen LogP) is 1.06. The van der Waals surface area contributed by atoms with Crippen LogP contribution in [0, 0.1) is 11.3 Å². The normalized spacial score (nSPS) is 10.2. The Morgan fingerprint density at radius 2 is 2.15 bits per heavy atom. The molecule has 0 unspecified atom stereocenters. The van der Waals surface area contributed by atoms with E-state index in [-0.39, 0.29) is 24.2 Å². The van der Waals surface area contributed by atoms with Gasteiger partial charge in [0.15, 0.2) is 5.78 Å². The van der Waals surface area contributed by atoms with Gasteiger partial charge in [0, 0.05) is 6.42 Å². The lowest BCUT2D eigenvalue weighted by molar-refractivity contribution is -0.132. The minimum atomic E-state index is -1.27. The average Bonchev–Trinajstić information content (AvgIpc) is 2.11. The number of nitriles is 1. The van der Waals surface area contributed by atoms with E-state index in [1.807, 2.05) is 0 Å². The number of rotatable bonds is 5. The number of allylic oxidation sites excluding steroid dienone is 2. The lowest BCUT2D eigenvalue weighted by atomic mass is 10.1. The van der Waals surface area contributed by atoms with E-state index in [0.717, 1.165) is 0 Å². The second kappa shape index (κ2) is 5.72. The van der Waals surface area contributed by atoms with Crippen molar-refractivity contribution in [1.82, 2.24) is 0 Å². The minimum Gasteiger partial charge on any atom is -0.477 e. The Labute approximate surface area is 75.8 Å². The van der Waals surface area contributed by atoms with E-state index in [9.17, 15) is 9.59 Å². The summed E-state index contributed by atoms with van der Waals surface area (Å²) >= 11 is 0. The fourth-order valence-electron chi connectivity index (χ4n) is 0.642. The Morgan fingerprint density at radius 3 is 2.54 bits per heavy atom.